The van der Waals surface area contributed by atoms with Gasteiger partial charge in [-0.05, 0) is 67.1 Å². The lowest BCUT2D eigenvalue weighted by Crippen LogP contribution is -2.16. The number of thiophene rings is 1. The number of halogens is 2. The average molecular weight is 451 g/mol. The lowest BCUT2D eigenvalue weighted by molar-refractivity contribution is 0.104. The summed E-state index contributed by atoms with van der Waals surface area (Å²) >= 11 is 13.2. The largest absolute Gasteiger partial charge is 0.288 e. The van der Waals surface area contributed by atoms with Crippen LogP contribution in [0.25, 0.3) is 6.08 Å². The maximum absolute atomic E-state index is 13.1. The number of allylic oxidation sites excluding steroid dienone is 1. The summed E-state index contributed by atoms with van der Waals surface area (Å²) in [6, 6.07) is 16.4. The predicted octanol–water partition coefficient (Wildman–Crippen LogP) is 6.20. The first-order valence-corrected chi connectivity index (χ1v) is 11.5. The van der Waals surface area contributed by atoms with Crippen LogP contribution in [0.4, 0.5) is 0 Å². The number of carbonyl (C=O) groups excluding carboxylic acids is 1. The van der Waals surface area contributed by atoms with Crippen molar-refractivity contribution in [3.8, 4) is 0 Å². The minimum atomic E-state index is -3.89. The molecule has 0 unspecified atom stereocenters. The Labute approximate surface area is 178 Å². The van der Waals surface area contributed by atoms with Gasteiger partial charge in [0.15, 0.2) is 9.84 Å². The first-order valence-electron chi connectivity index (χ1n) is 8.30. The van der Waals surface area contributed by atoms with E-state index in [-0.39, 0.29) is 16.2 Å². The van der Waals surface area contributed by atoms with Gasteiger partial charge in [-0.2, -0.15) is 0 Å². The third kappa shape index (κ3) is 5.11. The van der Waals surface area contributed by atoms with Crippen LogP contribution in [0.1, 0.15) is 25.7 Å². The number of Topliss-reactive ketones (excluding diaryl/α,β-unsaturated/α-hetero) is 1. The van der Waals surface area contributed by atoms with E-state index in [9.17, 15) is 13.2 Å². The van der Waals surface area contributed by atoms with E-state index in [2.05, 4.69) is 0 Å². The van der Waals surface area contributed by atoms with Crippen LogP contribution in [0, 0.1) is 6.92 Å². The average Bonchev–Trinajstić information content (AvgIpc) is 3.06. The van der Waals surface area contributed by atoms with Crippen molar-refractivity contribution in [1.29, 1.82) is 0 Å². The topological polar surface area (TPSA) is 51.2 Å². The van der Waals surface area contributed by atoms with Crippen LogP contribution in [-0.2, 0) is 15.6 Å². The Kier molecular flexibility index (Phi) is 6.40. The van der Waals surface area contributed by atoms with Crippen LogP contribution in [0.15, 0.2) is 65.6 Å². The third-order valence-electron chi connectivity index (χ3n) is 3.97. The number of ketones is 1. The second-order valence-electron chi connectivity index (χ2n) is 6.18. The molecule has 1 aromatic heterocycles. The molecule has 0 N–H and O–H groups in total. The van der Waals surface area contributed by atoms with E-state index in [1.807, 2.05) is 13.0 Å². The molecule has 3 aromatic rings. The van der Waals surface area contributed by atoms with Crippen LogP contribution < -0.4 is 0 Å². The van der Waals surface area contributed by atoms with Crippen molar-refractivity contribution in [1.82, 2.24) is 0 Å². The quantitative estimate of drug-likeness (QED) is 0.331. The number of rotatable bonds is 6. The molecule has 0 aliphatic heterocycles. The Morgan fingerprint density at radius 3 is 2.04 bits per heavy atom. The molecule has 0 aliphatic carbocycles. The number of hydrogen-bond acceptors (Lipinski definition) is 4. The highest BCUT2D eigenvalue weighted by Gasteiger charge is 2.26. The minimum Gasteiger partial charge on any atom is -0.288 e. The summed E-state index contributed by atoms with van der Waals surface area (Å²) in [4.78, 5) is 14.5. The van der Waals surface area contributed by atoms with E-state index < -0.39 is 15.6 Å². The van der Waals surface area contributed by atoms with Gasteiger partial charge in [-0.3, -0.25) is 4.79 Å². The van der Waals surface area contributed by atoms with Crippen LogP contribution >= 0.6 is 34.5 Å². The van der Waals surface area contributed by atoms with Gasteiger partial charge >= 0.3 is 0 Å². The van der Waals surface area contributed by atoms with Crippen molar-refractivity contribution < 1.29 is 13.2 Å². The summed E-state index contributed by atoms with van der Waals surface area (Å²) in [7, 11) is -3.89. The van der Waals surface area contributed by atoms with Crippen molar-refractivity contribution in [3.05, 3.63) is 96.5 Å². The predicted molar refractivity (Wildman–Crippen MR) is 117 cm³/mol. The minimum absolute atomic E-state index is 0.244. The summed E-state index contributed by atoms with van der Waals surface area (Å²) in [6.45, 7) is 1.92. The zero-order valence-corrected chi connectivity index (χ0v) is 18.0. The SMILES string of the molecule is Cc1ccc(/C=C(/C(=O)c2ccc(Cl)cc2)S(=O)(=O)Cc2ccc(Cl)cc2)s1. The second-order valence-corrected chi connectivity index (χ2v) is 10.3. The van der Waals surface area contributed by atoms with Gasteiger partial charge in [-0.15, -0.1) is 11.3 Å². The molecular weight excluding hydrogens is 435 g/mol. The van der Waals surface area contributed by atoms with E-state index in [4.69, 9.17) is 23.2 Å². The van der Waals surface area contributed by atoms with Crippen molar-refractivity contribution >= 4 is 56.2 Å². The second kappa shape index (κ2) is 8.62. The Balaban J connectivity index is 2.04. The van der Waals surface area contributed by atoms with Crippen LogP contribution in [0.2, 0.25) is 10.0 Å². The Bertz CT molecular complexity index is 1130. The summed E-state index contributed by atoms with van der Waals surface area (Å²) in [5.74, 6) is -0.851. The molecule has 0 aliphatic rings. The Morgan fingerprint density at radius 1 is 0.929 bits per heavy atom. The van der Waals surface area contributed by atoms with E-state index in [0.29, 0.717) is 20.5 Å². The molecule has 0 amide bonds. The fourth-order valence-corrected chi connectivity index (χ4v) is 5.22. The van der Waals surface area contributed by atoms with Crippen LogP contribution in [-0.4, -0.2) is 14.2 Å². The summed E-state index contributed by atoms with van der Waals surface area (Å²) in [5, 5.41) is 0.989. The molecule has 28 heavy (non-hydrogen) atoms. The monoisotopic (exact) mass is 450 g/mol. The Hall–Kier alpha value is -1.92. The van der Waals surface area contributed by atoms with Gasteiger partial charge in [0.2, 0.25) is 5.78 Å². The molecule has 0 radical (unpaired) electrons. The molecule has 1 heterocycles. The molecule has 0 saturated carbocycles. The maximum atomic E-state index is 13.1. The zero-order chi connectivity index (χ0) is 20.3. The smallest absolute Gasteiger partial charge is 0.204 e. The highest BCUT2D eigenvalue weighted by Crippen LogP contribution is 2.26. The van der Waals surface area contributed by atoms with Crippen molar-refractivity contribution in [2.24, 2.45) is 0 Å². The Morgan fingerprint density at radius 2 is 1.50 bits per heavy atom. The van der Waals surface area contributed by atoms with Gasteiger partial charge in [0, 0.05) is 25.4 Å². The molecule has 0 fully saturated rings. The molecule has 7 heteroatoms. The van der Waals surface area contributed by atoms with Crippen molar-refractivity contribution in [3.63, 3.8) is 0 Å². The summed E-state index contributed by atoms with van der Waals surface area (Å²) in [5.41, 5.74) is 0.824. The molecule has 144 valence electrons. The summed E-state index contributed by atoms with van der Waals surface area (Å²) < 4.78 is 26.3. The fourth-order valence-electron chi connectivity index (χ4n) is 2.58. The van der Waals surface area contributed by atoms with Gasteiger partial charge < -0.3 is 0 Å². The molecule has 0 saturated heterocycles. The number of hydrogen-bond donors (Lipinski definition) is 0. The lowest BCUT2D eigenvalue weighted by Gasteiger charge is -2.09. The van der Waals surface area contributed by atoms with Crippen LogP contribution in [0.3, 0.4) is 0 Å². The van der Waals surface area contributed by atoms with Gasteiger partial charge in [0.05, 0.1) is 5.75 Å². The number of sulfone groups is 1. The van der Waals surface area contributed by atoms with Gasteiger partial charge in [0.25, 0.3) is 0 Å². The van der Waals surface area contributed by atoms with E-state index >= 15 is 0 Å². The number of aryl methyl sites for hydroxylation is 1. The molecular formula is C21H16Cl2O3S2. The molecule has 0 atom stereocenters. The highest BCUT2D eigenvalue weighted by atomic mass is 35.5. The summed E-state index contributed by atoms with van der Waals surface area (Å²) in [6.07, 6.45) is 1.44. The first kappa shape index (κ1) is 20.8. The van der Waals surface area contributed by atoms with Crippen molar-refractivity contribution in [2.75, 3.05) is 0 Å². The standard InChI is InChI=1S/C21H16Cl2O3S2/c1-14-2-11-19(27-14)12-20(21(24)16-5-9-18(23)10-6-16)28(25,26)13-15-3-7-17(22)8-4-15/h2-12H,13H2,1H3/b20-12-. The number of benzene rings is 2. The van der Waals surface area contributed by atoms with Crippen molar-refractivity contribution in [2.45, 2.75) is 12.7 Å². The number of carbonyl (C=O) groups is 1. The van der Waals surface area contributed by atoms with Gasteiger partial charge in [-0.25, -0.2) is 8.42 Å². The van der Waals surface area contributed by atoms with E-state index in [1.165, 1.54) is 29.5 Å². The molecule has 0 bridgehead atoms. The van der Waals surface area contributed by atoms with Gasteiger partial charge in [-0.1, -0.05) is 35.3 Å². The molecule has 0 spiro atoms. The normalized spacial score (nSPS) is 12.2. The molecule has 2 aromatic carbocycles. The van der Waals surface area contributed by atoms with Crippen LogP contribution in [0.5, 0.6) is 0 Å². The third-order valence-corrected chi connectivity index (χ3v) is 7.11. The molecule has 3 nitrogen and oxygen atoms in total. The highest BCUT2D eigenvalue weighted by molar-refractivity contribution is 7.95. The van der Waals surface area contributed by atoms with E-state index in [1.54, 1.807) is 42.5 Å². The maximum Gasteiger partial charge on any atom is 0.204 e. The lowest BCUT2D eigenvalue weighted by atomic mass is 10.1. The van der Waals surface area contributed by atoms with Gasteiger partial charge in [0.1, 0.15) is 4.91 Å². The molecule has 3 rings (SSSR count). The van der Waals surface area contributed by atoms with E-state index in [0.717, 1.165) is 4.88 Å². The fraction of sp³-hybridized carbons (Fsp3) is 0.0952. The first-order chi connectivity index (χ1) is 13.2. The zero-order valence-electron chi connectivity index (χ0n) is 14.9.